The van der Waals surface area contributed by atoms with Crippen LogP contribution < -0.4 is 0 Å². The number of hydrogen-bond acceptors (Lipinski definition) is 5. The Morgan fingerprint density at radius 2 is 2.29 bits per heavy atom. The van der Waals surface area contributed by atoms with E-state index < -0.39 is 4.92 Å². The number of aromatic nitrogens is 1. The van der Waals surface area contributed by atoms with Gasteiger partial charge in [0.25, 0.3) is 5.89 Å². The molecule has 0 spiro atoms. The number of hydrogen-bond donors (Lipinski definition) is 0. The van der Waals surface area contributed by atoms with Gasteiger partial charge in [-0.2, -0.15) is 0 Å². The van der Waals surface area contributed by atoms with Crippen molar-refractivity contribution in [3.05, 3.63) is 34.2 Å². The Hall–Kier alpha value is -2.24. The van der Waals surface area contributed by atoms with Crippen LogP contribution in [0.2, 0.25) is 0 Å². The molecule has 0 fully saturated rings. The number of rotatable bonds is 2. The first-order valence-corrected chi connectivity index (χ1v) is 3.71. The highest BCUT2D eigenvalue weighted by Gasteiger charge is 2.16. The highest BCUT2D eigenvalue weighted by molar-refractivity contribution is 5.85. The predicted octanol–water partition coefficient (Wildman–Crippen LogP) is 1.55. The standard InChI is InChI=1S/C8H4N2O4/c11-4-7-9-5-2-1-3-6(10(12)13)8(5)14-7/h1-4H. The molecule has 1 aromatic carbocycles. The summed E-state index contributed by atoms with van der Waals surface area (Å²) >= 11 is 0. The lowest BCUT2D eigenvalue weighted by atomic mass is 10.3. The number of carbonyl (C=O) groups excluding carboxylic acids is 1. The number of nitro groups is 1. The quantitative estimate of drug-likeness (QED) is 0.409. The number of para-hydroxylation sites is 1. The largest absolute Gasteiger partial charge is 0.426 e. The maximum atomic E-state index is 10.5. The third kappa shape index (κ3) is 1.13. The van der Waals surface area contributed by atoms with Gasteiger partial charge in [-0.3, -0.25) is 14.9 Å². The van der Waals surface area contributed by atoms with Crippen LogP contribution in [0.4, 0.5) is 5.69 Å². The fraction of sp³-hybridized carbons (Fsp3) is 0. The Morgan fingerprint density at radius 3 is 2.93 bits per heavy atom. The van der Waals surface area contributed by atoms with Crippen molar-refractivity contribution in [2.45, 2.75) is 0 Å². The highest BCUT2D eigenvalue weighted by atomic mass is 16.6. The summed E-state index contributed by atoms with van der Waals surface area (Å²) in [6.45, 7) is 0. The molecule has 6 heteroatoms. The Kier molecular flexibility index (Phi) is 1.74. The minimum atomic E-state index is -0.581. The molecule has 14 heavy (non-hydrogen) atoms. The molecular weight excluding hydrogens is 188 g/mol. The maximum Gasteiger partial charge on any atom is 0.313 e. The lowest BCUT2D eigenvalue weighted by Gasteiger charge is -1.89. The van der Waals surface area contributed by atoms with E-state index >= 15 is 0 Å². The Balaban J connectivity index is 2.79. The first-order chi connectivity index (χ1) is 6.72. The molecule has 0 atom stereocenters. The van der Waals surface area contributed by atoms with Crippen LogP contribution >= 0.6 is 0 Å². The van der Waals surface area contributed by atoms with E-state index in [-0.39, 0.29) is 17.2 Å². The van der Waals surface area contributed by atoms with Gasteiger partial charge in [0.1, 0.15) is 5.52 Å². The molecular formula is C8H4N2O4. The zero-order valence-electron chi connectivity index (χ0n) is 6.84. The van der Waals surface area contributed by atoms with Gasteiger partial charge in [0.15, 0.2) is 0 Å². The number of nitro benzene ring substituents is 1. The van der Waals surface area contributed by atoms with Gasteiger partial charge in [-0.05, 0) is 6.07 Å². The third-order valence-corrected chi connectivity index (χ3v) is 1.71. The van der Waals surface area contributed by atoms with E-state index in [2.05, 4.69) is 4.98 Å². The van der Waals surface area contributed by atoms with Crippen LogP contribution in [0.15, 0.2) is 22.6 Å². The second-order valence-corrected chi connectivity index (χ2v) is 2.55. The summed E-state index contributed by atoms with van der Waals surface area (Å²) < 4.78 is 4.89. The molecule has 0 N–H and O–H groups in total. The van der Waals surface area contributed by atoms with Gasteiger partial charge >= 0.3 is 5.69 Å². The SMILES string of the molecule is O=Cc1nc2cccc([N+](=O)[O-])c2o1. The maximum absolute atomic E-state index is 10.5. The zero-order valence-corrected chi connectivity index (χ0v) is 6.84. The number of benzene rings is 1. The van der Waals surface area contributed by atoms with Crippen molar-refractivity contribution in [2.24, 2.45) is 0 Å². The first-order valence-electron chi connectivity index (χ1n) is 3.71. The minimum Gasteiger partial charge on any atom is -0.426 e. The summed E-state index contributed by atoms with van der Waals surface area (Å²) in [5.41, 5.74) is 0.143. The topological polar surface area (TPSA) is 86.2 Å². The normalized spacial score (nSPS) is 10.3. The van der Waals surface area contributed by atoms with Crippen molar-refractivity contribution < 1.29 is 14.1 Å². The number of oxazole rings is 1. The zero-order chi connectivity index (χ0) is 10.1. The molecule has 6 nitrogen and oxygen atoms in total. The van der Waals surface area contributed by atoms with Gasteiger partial charge in [0.05, 0.1) is 4.92 Å². The number of fused-ring (bicyclic) bond motifs is 1. The minimum absolute atomic E-state index is 0.0274. The molecule has 70 valence electrons. The smallest absolute Gasteiger partial charge is 0.313 e. The molecule has 0 amide bonds. The summed E-state index contributed by atoms with van der Waals surface area (Å²) in [6.07, 6.45) is 0.406. The number of nitrogens with zero attached hydrogens (tertiary/aromatic N) is 2. The van der Waals surface area contributed by atoms with Gasteiger partial charge in [-0.1, -0.05) is 6.07 Å². The third-order valence-electron chi connectivity index (χ3n) is 1.71. The Labute approximate surface area is 77.3 Å². The van der Waals surface area contributed by atoms with Crippen LogP contribution in [0.1, 0.15) is 10.7 Å². The van der Waals surface area contributed by atoms with E-state index in [9.17, 15) is 14.9 Å². The van der Waals surface area contributed by atoms with E-state index in [0.717, 1.165) is 0 Å². The van der Waals surface area contributed by atoms with Crippen molar-refractivity contribution in [2.75, 3.05) is 0 Å². The molecule has 0 radical (unpaired) electrons. The molecule has 1 aromatic heterocycles. The van der Waals surface area contributed by atoms with E-state index in [1.54, 1.807) is 6.07 Å². The van der Waals surface area contributed by atoms with Crippen molar-refractivity contribution in [3.63, 3.8) is 0 Å². The van der Waals surface area contributed by atoms with Crippen molar-refractivity contribution in [1.82, 2.24) is 4.98 Å². The van der Waals surface area contributed by atoms with Crippen LogP contribution in [0.3, 0.4) is 0 Å². The van der Waals surface area contributed by atoms with Crippen molar-refractivity contribution in [3.8, 4) is 0 Å². The Morgan fingerprint density at radius 1 is 1.50 bits per heavy atom. The molecule has 0 aliphatic carbocycles. The molecule has 0 aliphatic rings. The van der Waals surface area contributed by atoms with E-state index in [1.165, 1.54) is 12.1 Å². The molecule has 0 unspecified atom stereocenters. The molecule has 0 aliphatic heterocycles. The fourth-order valence-corrected chi connectivity index (χ4v) is 1.15. The molecule has 2 rings (SSSR count). The van der Waals surface area contributed by atoms with E-state index in [4.69, 9.17) is 4.42 Å². The van der Waals surface area contributed by atoms with Crippen LogP contribution in [0.25, 0.3) is 11.1 Å². The van der Waals surface area contributed by atoms with E-state index in [1.807, 2.05) is 0 Å². The van der Waals surface area contributed by atoms with Crippen LogP contribution in [-0.2, 0) is 0 Å². The van der Waals surface area contributed by atoms with Gasteiger partial charge in [-0.15, -0.1) is 0 Å². The average Bonchev–Trinajstić information content (AvgIpc) is 2.59. The lowest BCUT2D eigenvalue weighted by Crippen LogP contribution is -1.87. The Bertz CT molecular complexity index is 517. The summed E-state index contributed by atoms with van der Waals surface area (Å²) in [4.78, 5) is 24.0. The molecule has 0 saturated heterocycles. The van der Waals surface area contributed by atoms with Gasteiger partial charge in [0.2, 0.25) is 11.9 Å². The first kappa shape index (κ1) is 8.36. The van der Waals surface area contributed by atoms with Gasteiger partial charge < -0.3 is 4.42 Å². The molecule has 0 bridgehead atoms. The second kappa shape index (κ2) is 2.91. The highest BCUT2D eigenvalue weighted by Crippen LogP contribution is 2.25. The lowest BCUT2D eigenvalue weighted by molar-refractivity contribution is -0.383. The van der Waals surface area contributed by atoms with Gasteiger partial charge in [-0.25, -0.2) is 4.98 Å². The van der Waals surface area contributed by atoms with Crippen molar-refractivity contribution >= 4 is 23.1 Å². The molecule has 2 aromatic rings. The summed E-state index contributed by atoms with van der Waals surface area (Å²) in [7, 11) is 0. The van der Waals surface area contributed by atoms with E-state index in [0.29, 0.717) is 11.8 Å². The van der Waals surface area contributed by atoms with Crippen LogP contribution in [0.5, 0.6) is 0 Å². The van der Waals surface area contributed by atoms with Crippen LogP contribution in [0, 0.1) is 10.1 Å². The number of non-ortho nitro benzene ring substituents is 1. The molecule has 1 heterocycles. The summed E-state index contributed by atoms with van der Waals surface area (Å²) in [5.74, 6) is -0.158. The van der Waals surface area contributed by atoms with Crippen molar-refractivity contribution in [1.29, 1.82) is 0 Å². The fourth-order valence-electron chi connectivity index (χ4n) is 1.15. The molecule has 0 saturated carbocycles. The monoisotopic (exact) mass is 192 g/mol. The summed E-state index contributed by atoms with van der Waals surface area (Å²) in [5, 5.41) is 10.5. The average molecular weight is 192 g/mol. The second-order valence-electron chi connectivity index (χ2n) is 2.55. The van der Waals surface area contributed by atoms with Crippen LogP contribution in [-0.4, -0.2) is 16.2 Å². The summed E-state index contributed by atoms with van der Waals surface area (Å²) in [6, 6.07) is 4.32. The predicted molar refractivity (Wildman–Crippen MR) is 46.1 cm³/mol. The van der Waals surface area contributed by atoms with Gasteiger partial charge in [0, 0.05) is 6.07 Å². The number of aldehydes is 1. The number of carbonyl (C=O) groups is 1.